The van der Waals surface area contributed by atoms with E-state index in [2.05, 4.69) is 0 Å². The van der Waals surface area contributed by atoms with E-state index in [-0.39, 0.29) is 4.90 Å². The van der Waals surface area contributed by atoms with Gasteiger partial charge in [0.1, 0.15) is 16.6 Å². The second-order valence-electron chi connectivity index (χ2n) is 6.05. The molecule has 0 saturated heterocycles. The zero-order valence-corrected chi connectivity index (χ0v) is 13.6. The maximum atomic E-state index is 13.1. The lowest BCUT2D eigenvalue weighted by atomic mass is 10.1. The predicted octanol–water partition coefficient (Wildman–Crippen LogP) is 1.86. The minimum Gasteiger partial charge on any atom is -0.480 e. The molecule has 126 valence electrons. The van der Waals surface area contributed by atoms with Gasteiger partial charge in [-0.3, -0.25) is 4.79 Å². The first-order valence-corrected chi connectivity index (χ1v) is 8.82. The van der Waals surface area contributed by atoms with Gasteiger partial charge in [-0.05, 0) is 36.8 Å². The van der Waals surface area contributed by atoms with Gasteiger partial charge >= 0.3 is 5.97 Å². The highest BCUT2D eigenvalue weighted by Crippen LogP contribution is 2.55. The van der Waals surface area contributed by atoms with Crippen molar-refractivity contribution < 1.29 is 22.7 Å². The lowest BCUT2D eigenvalue weighted by molar-refractivity contribution is -0.139. The van der Waals surface area contributed by atoms with E-state index >= 15 is 0 Å². The number of hydrogen-bond acceptors (Lipinski definition) is 4. The van der Waals surface area contributed by atoms with Crippen molar-refractivity contribution in [3.63, 3.8) is 0 Å². The molecule has 1 saturated carbocycles. The van der Waals surface area contributed by atoms with E-state index in [9.17, 15) is 22.7 Å². The molecule has 1 aliphatic carbocycles. The molecule has 0 radical (unpaired) electrons. The SMILES string of the molecule is Cc1ccc(S(=O)(=O)[C@@H]2[C@H](c3ccc(F)cc3)[C@]2(N)C(=O)O)cc1. The summed E-state index contributed by atoms with van der Waals surface area (Å²) in [5, 5.41) is 8.16. The highest BCUT2D eigenvalue weighted by molar-refractivity contribution is 7.92. The van der Waals surface area contributed by atoms with Gasteiger partial charge in [-0.1, -0.05) is 29.8 Å². The third-order valence-corrected chi connectivity index (χ3v) is 6.72. The number of benzene rings is 2. The van der Waals surface area contributed by atoms with Gasteiger partial charge in [0.05, 0.1) is 4.90 Å². The number of halogens is 1. The zero-order valence-electron chi connectivity index (χ0n) is 12.8. The van der Waals surface area contributed by atoms with E-state index in [4.69, 9.17) is 5.73 Å². The van der Waals surface area contributed by atoms with Crippen molar-refractivity contribution >= 4 is 15.8 Å². The number of sulfone groups is 1. The number of hydrogen-bond donors (Lipinski definition) is 2. The monoisotopic (exact) mass is 349 g/mol. The average Bonchev–Trinajstić information content (AvgIpc) is 3.17. The van der Waals surface area contributed by atoms with Crippen molar-refractivity contribution in [1.82, 2.24) is 0 Å². The Kier molecular flexibility index (Phi) is 3.73. The van der Waals surface area contributed by atoms with Crippen LogP contribution in [0.25, 0.3) is 0 Å². The number of rotatable bonds is 4. The molecule has 0 amide bonds. The molecule has 1 aliphatic rings. The summed E-state index contributed by atoms with van der Waals surface area (Å²) in [4.78, 5) is 11.6. The molecule has 2 aromatic carbocycles. The van der Waals surface area contributed by atoms with Gasteiger partial charge in [0.2, 0.25) is 0 Å². The van der Waals surface area contributed by atoms with Gasteiger partial charge in [-0.2, -0.15) is 0 Å². The van der Waals surface area contributed by atoms with Gasteiger partial charge in [-0.15, -0.1) is 0 Å². The van der Waals surface area contributed by atoms with Gasteiger partial charge < -0.3 is 10.8 Å². The Morgan fingerprint density at radius 2 is 1.67 bits per heavy atom. The molecular weight excluding hydrogens is 333 g/mol. The van der Waals surface area contributed by atoms with Crippen LogP contribution in [0.2, 0.25) is 0 Å². The third kappa shape index (κ3) is 2.40. The molecular formula is C17H16FNO4S. The Labute approximate surface area is 138 Å². The van der Waals surface area contributed by atoms with Crippen LogP contribution in [0.4, 0.5) is 4.39 Å². The van der Waals surface area contributed by atoms with Crippen molar-refractivity contribution in [2.45, 2.75) is 28.5 Å². The number of carboxylic acid groups (broad SMARTS) is 1. The fourth-order valence-electron chi connectivity index (χ4n) is 3.06. The maximum absolute atomic E-state index is 13.1. The fraction of sp³-hybridized carbons (Fsp3) is 0.235. The Bertz CT molecular complexity index is 893. The number of nitrogens with two attached hydrogens (primary N) is 1. The zero-order chi connectivity index (χ0) is 17.7. The van der Waals surface area contributed by atoms with Crippen LogP contribution < -0.4 is 5.73 Å². The minimum atomic E-state index is -3.94. The average molecular weight is 349 g/mol. The van der Waals surface area contributed by atoms with Crippen LogP contribution in [0.3, 0.4) is 0 Å². The Hall–Kier alpha value is -2.25. The molecule has 0 bridgehead atoms. The lowest BCUT2D eigenvalue weighted by Crippen LogP contribution is -2.39. The first-order valence-electron chi connectivity index (χ1n) is 7.27. The van der Waals surface area contributed by atoms with E-state index in [0.29, 0.717) is 5.56 Å². The van der Waals surface area contributed by atoms with E-state index in [1.54, 1.807) is 12.1 Å². The second-order valence-corrected chi connectivity index (χ2v) is 8.12. The summed E-state index contributed by atoms with van der Waals surface area (Å²) < 4.78 is 38.8. The highest BCUT2D eigenvalue weighted by atomic mass is 32.2. The van der Waals surface area contributed by atoms with Gasteiger partial charge in [-0.25, -0.2) is 12.8 Å². The number of carbonyl (C=O) groups is 1. The van der Waals surface area contributed by atoms with E-state index < -0.39 is 38.3 Å². The smallest absolute Gasteiger partial charge is 0.325 e. The molecule has 24 heavy (non-hydrogen) atoms. The van der Waals surface area contributed by atoms with Crippen LogP contribution >= 0.6 is 0 Å². The summed E-state index contributed by atoms with van der Waals surface area (Å²) >= 11 is 0. The quantitative estimate of drug-likeness (QED) is 0.878. The van der Waals surface area contributed by atoms with E-state index in [0.717, 1.165) is 17.7 Å². The van der Waals surface area contributed by atoms with Gasteiger partial charge in [0.15, 0.2) is 9.84 Å². The van der Waals surface area contributed by atoms with Crippen LogP contribution in [-0.2, 0) is 14.6 Å². The first kappa shape index (κ1) is 16.6. The van der Waals surface area contributed by atoms with Crippen molar-refractivity contribution in [3.8, 4) is 0 Å². The maximum Gasteiger partial charge on any atom is 0.325 e. The summed E-state index contributed by atoms with van der Waals surface area (Å²) in [6.45, 7) is 1.82. The van der Waals surface area contributed by atoms with Crippen molar-refractivity contribution in [3.05, 3.63) is 65.5 Å². The Morgan fingerprint density at radius 3 is 2.17 bits per heavy atom. The largest absolute Gasteiger partial charge is 0.480 e. The van der Waals surface area contributed by atoms with E-state index in [1.807, 2.05) is 6.92 Å². The predicted molar refractivity (Wildman–Crippen MR) is 85.8 cm³/mol. The molecule has 0 heterocycles. The third-order valence-electron chi connectivity index (χ3n) is 4.46. The molecule has 0 aromatic heterocycles. The molecule has 5 nitrogen and oxygen atoms in total. The molecule has 1 fully saturated rings. The fourth-order valence-corrected chi connectivity index (χ4v) is 5.29. The molecule has 3 rings (SSSR count). The van der Waals surface area contributed by atoms with Crippen molar-refractivity contribution in [2.24, 2.45) is 5.73 Å². The molecule has 0 unspecified atom stereocenters. The normalized spacial score (nSPS) is 26.1. The van der Waals surface area contributed by atoms with Crippen LogP contribution in [0.5, 0.6) is 0 Å². The summed E-state index contributed by atoms with van der Waals surface area (Å²) in [6.07, 6.45) is 0. The highest BCUT2D eigenvalue weighted by Gasteiger charge is 2.74. The van der Waals surface area contributed by atoms with Crippen LogP contribution in [0.1, 0.15) is 17.0 Å². The van der Waals surface area contributed by atoms with Crippen LogP contribution in [0, 0.1) is 12.7 Å². The molecule has 7 heteroatoms. The molecule has 0 aliphatic heterocycles. The molecule has 2 aromatic rings. The topological polar surface area (TPSA) is 97.5 Å². The van der Waals surface area contributed by atoms with Gasteiger partial charge in [0.25, 0.3) is 0 Å². The summed E-state index contributed by atoms with van der Waals surface area (Å²) in [5.41, 5.74) is 5.28. The minimum absolute atomic E-state index is 0.0267. The van der Waals surface area contributed by atoms with Crippen molar-refractivity contribution in [1.29, 1.82) is 0 Å². The number of aliphatic carboxylic acids is 1. The summed E-state index contributed by atoms with van der Waals surface area (Å²) in [5.74, 6) is -2.81. The Morgan fingerprint density at radius 1 is 1.12 bits per heavy atom. The van der Waals surface area contributed by atoms with Crippen molar-refractivity contribution in [2.75, 3.05) is 0 Å². The molecule has 0 spiro atoms. The first-order chi connectivity index (χ1) is 11.2. The lowest BCUT2D eigenvalue weighted by Gasteiger charge is -2.07. The number of carboxylic acids is 1. The van der Waals surface area contributed by atoms with Crippen LogP contribution in [0.15, 0.2) is 53.4 Å². The summed E-state index contributed by atoms with van der Waals surface area (Å²) in [6, 6.07) is 11.2. The summed E-state index contributed by atoms with van der Waals surface area (Å²) in [7, 11) is -3.94. The Balaban J connectivity index is 2.06. The van der Waals surface area contributed by atoms with Gasteiger partial charge in [0, 0.05) is 5.92 Å². The standard InChI is InChI=1S/C17H16FNO4S/c1-10-2-8-13(9-3-10)24(22,23)15-14(17(15,19)16(20)21)11-4-6-12(18)7-5-11/h2-9,14-15H,19H2,1H3,(H,20,21)/t14-,15+,17+/m0/s1. The van der Waals surface area contributed by atoms with Crippen LogP contribution in [-0.4, -0.2) is 30.3 Å². The van der Waals surface area contributed by atoms with E-state index in [1.165, 1.54) is 24.3 Å². The molecule has 3 atom stereocenters. The second kappa shape index (κ2) is 5.39. The number of aryl methyl sites for hydroxylation is 1. The molecule has 3 N–H and O–H groups in total.